The molecule has 5 nitrogen and oxygen atoms in total. The van der Waals surface area contributed by atoms with E-state index in [-0.39, 0.29) is 24.9 Å². The molecule has 0 saturated heterocycles. The third-order valence-electron chi connectivity index (χ3n) is 3.41. The Kier molecular flexibility index (Phi) is 6.78. The van der Waals surface area contributed by atoms with Crippen LogP contribution in [0.4, 0.5) is 5.69 Å². The summed E-state index contributed by atoms with van der Waals surface area (Å²) in [5, 5.41) is 6.09. The van der Waals surface area contributed by atoms with Gasteiger partial charge in [0.2, 0.25) is 0 Å². The summed E-state index contributed by atoms with van der Waals surface area (Å²) in [7, 11) is 1.80. The third kappa shape index (κ3) is 6.02. The van der Waals surface area contributed by atoms with Crippen LogP contribution in [0.25, 0.3) is 0 Å². The Balaban J connectivity index is 1.73. The van der Waals surface area contributed by atoms with Crippen LogP contribution in [0.5, 0.6) is 0 Å². The number of nitrogens with one attached hydrogen (secondary N) is 3. The maximum Gasteiger partial charge on any atom is 0.279 e. The lowest BCUT2D eigenvalue weighted by atomic mass is 10.2. The number of hydrogen-bond acceptors (Lipinski definition) is 2. The van der Waals surface area contributed by atoms with Crippen LogP contribution in [0.15, 0.2) is 54.6 Å². The molecule has 0 saturated carbocycles. The fourth-order valence-electron chi connectivity index (χ4n) is 2.23. The average molecular weight is 347 g/mol. The van der Waals surface area contributed by atoms with Crippen LogP contribution in [0, 0.1) is 0 Å². The average Bonchev–Trinajstić information content (AvgIpc) is 2.56. The van der Waals surface area contributed by atoms with Crippen LogP contribution in [0.2, 0.25) is 5.02 Å². The first-order chi connectivity index (χ1) is 11.5. The van der Waals surface area contributed by atoms with Gasteiger partial charge in [0.15, 0.2) is 13.1 Å². The Morgan fingerprint density at radius 2 is 1.58 bits per heavy atom. The van der Waals surface area contributed by atoms with Crippen molar-refractivity contribution in [2.75, 3.05) is 25.5 Å². The lowest BCUT2D eigenvalue weighted by Gasteiger charge is -2.14. The van der Waals surface area contributed by atoms with Crippen molar-refractivity contribution in [2.45, 2.75) is 6.54 Å². The van der Waals surface area contributed by atoms with Gasteiger partial charge in [-0.1, -0.05) is 54.1 Å². The van der Waals surface area contributed by atoms with Crippen LogP contribution in [-0.2, 0) is 16.1 Å². The van der Waals surface area contributed by atoms with Crippen molar-refractivity contribution in [1.82, 2.24) is 5.32 Å². The molecule has 6 heteroatoms. The lowest BCUT2D eigenvalue weighted by molar-refractivity contribution is -0.862. The molecule has 0 aliphatic carbocycles. The zero-order valence-corrected chi connectivity index (χ0v) is 14.3. The zero-order chi connectivity index (χ0) is 17.4. The smallest absolute Gasteiger partial charge is 0.279 e. The minimum absolute atomic E-state index is 0.0955. The predicted molar refractivity (Wildman–Crippen MR) is 95.0 cm³/mol. The zero-order valence-electron chi connectivity index (χ0n) is 13.5. The van der Waals surface area contributed by atoms with Gasteiger partial charge in [-0.15, -0.1) is 0 Å². The Bertz CT molecular complexity index is 692. The van der Waals surface area contributed by atoms with E-state index in [0.29, 0.717) is 17.3 Å². The number of amides is 2. The molecule has 0 aliphatic heterocycles. The summed E-state index contributed by atoms with van der Waals surface area (Å²) >= 11 is 6.00. The van der Waals surface area contributed by atoms with Crippen LogP contribution in [0.1, 0.15) is 5.56 Å². The standard InChI is InChI=1S/C18H20ClN3O2/c1-22(12-17(23)20-11-14-7-3-2-4-8-14)13-18(24)21-16-10-6-5-9-15(16)19/h2-10H,11-13H2,1H3,(H,20,23)(H,21,24)/p+1. The van der Waals surface area contributed by atoms with E-state index >= 15 is 0 Å². The summed E-state index contributed by atoms with van der Waals surface area (Å²) in [6.45, 7) is 0.894. The summed E-state index contributed by atoms with van der Waals surface area (Å²) < 4.78 is 0. The van der Waals surface area contributed by atoms with Gasteiger partial charge in [-0.3, -0.25) is 9.59 Å². The lowest BCUT2D eigenvalue weighted by Crippen LogP contribution is -3.11. The number of benzene rings is 2. The molecule has 0 bridgehead atoms. The van der Waals surface area contributed by atoms with Gasteiger partial charge in [0.1, 0.15) is 0 Å². The molecule has 0 aromatic heterocycles. The number of quaternary nitrogens is 1. The van der Waals surface area contributed by atoms with Gasteiger partial charge < -0.3 is 15.5 Å². The number of likely N-dealkylation sites (N-methyl/N-ethyl adjacent to an activating group) is 1. The number of halogens is 1. The van der Waals surface area contributed by atoms with Crippen LogP contribution in [-0.4, -0.2) is 32.0 Å². The summed E-state index contributed by atoms with van der Waals surface area (Å²) in [6, 6.07) is 16.7. The molecule has 3 N–H and O–H groups in total. The van der Waals surface area contributed by atoms with Gasteiger partial charge in [0.05, 0.1) is 17.8 Å². The highest BCUT2D eigenvalue weighted by Gasteiger charge is 2.14. The van der Waals surface area contributed by atoms with Gasteiger partial charge in [0, 0.05) is 6.54 Å². The molecular formula is C18H21ClN3O2+. The van der Waals surface area contributed by atoms with E-state index in [1.807, 2.05) is 30.3 Å². The van der Waals surface area contributed by atoms with Gasteiger partial charge in [-0.2, -0.15) is 0 Å². The molecule has 2 amide bonds. The second-order valence-electron chi connectivity index (χ2n) is 5.60. The molecule has 2 rings (SSSR count). The summed E-state index contributed by atoms with van der Waals surface area (Å²) in [5.74, 6) is -0.279. The molecule has 2 aromatic carbocycles. The van der Waals surface area contributed by atoms with Crippen molar-refractivity contribution in [3.8, 4) is 0 Å². The van der Waals surface area contributed by atoms with Crippen molar-refractivity contribution in [3.63, 3.8) is 0 Å². The highest BCUT2D eigenvalue weighted by Crippen LogP contribution is 2.19. The van der Waals surface area contributed by atoms with Gasteiger partial charge in [0.25, 0.3) is 11.8 Å². The van der Waals surface area contributed by atoms with Crippen molar-refractivity contribution >= 4 is 29.1 Å². The first kappa shape index (κ1) is 18.0. The first-order valence-corrected chi connectivity index (χ1v) is 8.08. The molecular weight excluding hydrogens is 326 g/mol. The first-order valence-electron chi connectivity index (χ1n) is 7.71. The van der Waals surface area contributed by atoms with E-state index in [9.17, 15) is 9.59 Å². The Morgan fingerprint density at radius 1 is 0.958 bits per heavy atom. The van der Waals surface area contributed by atoms with Gasteiger partial charge in [-0.25, -0.2) is 0 Å². The maximum atomic E-state index is 12.0. The summed E-state index contributed by atoms with van der Waals surface area (Å²) in [4.78, 5) is 24.7. The van der Waals surface area contributed by atoms with Gasteiger partial charge >= 0.3 is 0 Å². The van der Waals surface area contributed by atoms with Crippen molar-refractivity contribution in [1.29, 1.82) is 0 Å². The number of hydrogen-bond donors (Lipinski definition) is 3. The topological polar surface area (TPSA) is 62.6 Å². The summed E-state index contributed by atoms with van der Waals surface area (Å²) in [6.07, 6.45) is 0. The van der Waals surface area contributed by atoms with E-state index in [1.54, 1.807) is 31.3 Å². The van der Waals surface area contributed by atoms with Crippen molar-refractivity contribution in [3.05, 3.63) is 65.2 Å². The monoisotopic (exact) mass is 346 g/mol. The minimum atomic E-state index is -0.184. The van der Waals surface area contributed by atoms with Crippen LogP contribution in [0.3, 0.4) is 0 Å². The Labute approximate surface area is 146 Å². The quantitative estimate of drug-likeness (QED) is 0.703. The fraction of sp³-hybridized carbons (Fsp3) is 0.222. The highest BCUT2D eigenvalue weighted by atomic mass is 35.5. The molecule has 24 heavy (non-hydrogen) atoms. The number of para-hydroxylation sites is 1. The second kappa shape index (κ2) is 9.05. The van der Waals surface area contributed by atoms with E-state index in [1.165, 1.54) is 0 Å². The molecule has 0 fully saturated rings. The van der Waals surface area contributed by atoms with E-state index in [0.717, 1.165) is 10.5 Å². The third-order valence-corrected chi connectivity index (χ3v) is 3.73. The maximum absolute atomic E-state index is 12.0. The Hall–Kier alpha value is -2.37. The summed E-state index contributed by atoms with van der Waals surface area (Å²) in [5.41, 5.74) is 1.62. The largest absolute Gasteiger partial charge is 0.347 e. The molecule has 0 aliphatic rings. The second-order valence-corrected chi connectivity index (χ2v) is 6.01. The molecule has 1 unspecified atom stereocenters. The van der Waals surface area contributed by atoms with Crippen molar-refractivity contribution in [2.24, 2.45) is 0 Å². The molecule has 1 atom stereocenters. The highest BCUT2D eigenvalue weighted by molar-refractivity contribution is 6.33. The van der Waals surface area contributed by atoms with Gasteiger partial charge in [-0.05, 0) is 17.7 Å². The number of carbonyl (C=O) groups is 2. The Morgan fingerprint density at radius 3 is 2.29 bits per heavy atom. The van der Waals surface area contributed by atoms with Crippen molar-refractivity contribution < 1.29 is 14.5 Å². The van der Waals surface area contributed by atoms with Crippen LogP contribution >= 0.6 is 11.6 Å². The molecule has 0 heterocycles. The van der Waals surface area contributed by atoms with E-state index in [4.69, 9.17) is 11.6 Å². The van der Waals surface area contributed by atoms with Crippen LogP contribution < -0.4 is 15.5 Å². The molecule has 2 aromatic rings. The number of rotatable bonds is 7. The predicted octanol–water partition coefficient (Wildman–Crippen LogP) is 1.11. The number of anilines is 1. The number of carbonyl (C=O) groups excluding carboxylic acids is 2. The molecule has 0 radical (unpaired) electrons. The van der Waals surface area contributed by atoms with E-state index < -0.39 is 0 Å². The molecule has 126 valence electrons. The minimum Gasteiger partial charge on any atom is -0.347 e. The fourth-order valence-corrected chi connectivity index (χ4v) is 2.41. The SMILES string of the molecule is C[NH+](CC(=O)NCc1ccccc1)CC(=O)Nc1ccccc1Cl. The molecule has 0 spiro atoms. The van der Waals surface area contributed by atoms with E-state index in [2.05, 4.69) is 10.6 Å². The normalized spacial score (nSPS) is 11.6.